The smallest absolute Gasteiger partial charge is 0.299 e. The maximum atomic E-state index is 11.6. The largest absolute Gasteiger partial charge is 0.418 e. The van der Waals surface area contributed by atoms with E-state index in [0.29, 0.717) is 24.6 Å². The minimum absolute atomic E-state index is 0.142. The van der Waals surface area contributed by atoms with Gasteiger partial charge in [-0.25, -0.2) is 4.39 Å². The molecule has 0 amide bonds. The summed E-state index contributed by atoms with van der Waals surface area (Å²) in [6.07, 6.45) is 0.715. The molecule has 3 nitrogen and oxygen atoms in total. The quantitative estimate of drug-likeness (QED) is 0.517. The first-order valence-corrected chi connectivity index (χ1v) is 5.01. The van der Waals surface area contributed by atoms with E-state index in [0.717, 1.165) is 4.88 Å². The summed E-state index contributed by atoms with van der Waals surface area (Å²) in [6, 6.07) is 3.59. The normalized spacial score (nSPS) is 10.1. The van der Waals surface area contributed by atoms with Crippen LogP contribution in [0.3, 0.4) is 0 Å². The van der Waals surface area contributed by atoms with E-state index in [4.69, 9.17) is 4.74 Å². The summed E-state index contributed by atoms with van der Waals surface area (Å²) in [7, 11) is 0. The third-order valence-electron chi connectivity index (χ3n) is 1.52. The molecule has 0 aliphatic rings. The molecule has 0 atom stereocenters. The fourth-order valence-corrected chi connectivity index (χ4v) is 1.74. The Morgan fingerprint density at radius 1 is 1.43 bits per heavy atom. The second-order valence-corrected chi connectivity index (χ2v) is 3.62. The zero-order valence-electron chi connectivity index (χ0n) is 7.57. The molecule has 0 aliphatic heterocycles. The molecule has 0 unspecified atom stereocenters. The Morgan fingerprint density at radius 3 is 3.00 bits per heavy atom. The Kier molecular flexibility index (Phi) is 5.17. The number of hydrogen-bond acceptors (Lipinski definition) is 4. The van der Waals surface area contributed by atoms with E-state index in [1.165, 1.54) is 11.3 Å². The minimum Gasteiger partial charge on any atom is -0.418 e. The van der Waals surface area contributed by atoms with Crippen LogP contribution in [0.2, 0.25) is 0 Å². The molecular formula is C9H11FO3S. The lowest BCUT2D eigenvalue weighted by Gasteiger charge is -1.98. The number of rotatable bonds is 7. The van der Waals surface area contributed by atoms with Crippen LogP contribution in [0.5, 0.6) is 5.06 Å². The predicted octanol–water partition coefficient (Wildman–Crippen LogP) is 1.81. The lowest BCUT2D eigenvalue weighted by atomic mass is 10.4. The molecule has 1 rings (SSSR count). The van der Waals surface area contributed by atoms with Gasteiger partial charge in [-0.1, -0.05) is 0 Å². The molecule has 78 valence electrons. The average molecular weight is 218 g/mol. The van der Waals surface area contributed by atoms with Gasteiger partial charge in [-0.3, -0.25) is 4.79 Å². The molecule has 1 aromatic rings. The van der Waals surface area contributed by atoms with Gasteiger partial charge in [0.05, 0.1) is 13.2 Å². The van der Waals surface area contributed by atoms with Gasteiger partial charge in [-0.15, -0.1) is 11.3 Å². The van der Waals surface area contributed by atoms with Crippen LogP contribution < -0.4 is 4.74 Å². The second kappa shape index (κ2) is 6.50. The SMILES string of the molecule is O=COc1ccc(CCOCCF)s1. The van der Waals surface area contributed by atoms with Crippen molar-refractivity contribution in [1.29, 1.82) is 0 Å². The molecule has 0 radical (unpaired) electrons. The molecule has 0 bridgehead atoms. The summed E-state index contributed by atoms with van der Waals surface area (Å²) in [5, 5.41) is 0.570. The molecule has 0 aliphatic carbocycles. The van der Waals surface area contributed by atoms with Crippen molar-refractivity contribution < 1.29 is 18.7 Å². The molecule has 0 aromatic carbocycles. The zero-order chi connectivity index (χ0) is 10.2. The highest BCUT2D eigenvalue weighted by Crippen LogP contribution is 2.24. The van der Waals surface area contributed by atoms with E-state index in [2.05, 4.69) is 4.74 Å². The van der Waals surface area contributed by atoms with Gasteiger partial charge in [0.2, 0.25) is 0 Å². The lowest BCUT2D eigenvalue weighted by molar-refractivity contribution is -0.120. The van der Waals surface area contributed by atoms with Crippen LogP contribution in [0.25, 0.3) is 0 Å². The van der Waals surface area contributed by atoms with Gasteiger partial charge < -0.3 is 9.47 Å². The first-order chi connectivity index (χ1) is 6.86. The van der Waals surface area contributed by atoms with Gasteiger partial charge in [0.1, 0.15) is 6.67 Å². The summed E-state index contributed by atoms with van der Waals surface area (Å²) in [4.78, 5) is 11.1. The molecule has 0 saturated carbocycles. The third-order valence-corrected chi connectivity index (χ3v) is 2.55. The van der Waals surface area contributed by atoms with Gasteiger partial charge in [-0.2, -0.15) is 0 Å². The van der Waals surface area contributed by atoms with E-state index in [1.807, 2.05) is 6.07 Å². The van der Waals surface area contributed by atoms with Crippen LogP contribution in [-0.2, 0) is 16.0 Å². The fraction of sp³-hybridized carbons (Fsp3) is 0.444. The van der Waals surface area contributed by atoms with Gasteiger partial charge in [0, 0.05) is 11.3 Å². The maximum absolute atomic E-state index is 11.6. The van der Waals surface area contributed by atoms with Crippen LogP contribution in [-0.4, -0.2) is 26.4 Å². The summed E-state index contributed by atoms with van der Waals surface area (Å²) < 4.78 is 21.3. The van der Waals surface area contributed by atoms with Crippen LogP contribution >= 0.6 is 11.3 Å². The third kappa shape index (κ3) is 3.85. The van der Waals surface area contributed by atoms with Gasteiger partial charge >= 0.3 is 0 Å². The predicted molar refractivity (Wildman–Crippen MR) is 51.5 cm³/mol. The van der Waals surface area contributed by atoms with Crippen molar-refractivity contribution in [2.75, 3.05) is 19.9 Å². The second-order valence-electron chi connectivity index (χ2n) is 2.49. The molecule has 14 heavy (non-hydrogen) atoms. The Hall–Kier alpha value is -0.940. The minimum atomic E-state index is -0.454. The Labute approximate surface area is 85.5 Å². The monoisotopic (exact) mass is 218 g/mol. The molecule has 1 heterocycles. The maximum Gasteiger partial charge on any atom is 0.299 e. The Morgan fingerprint density at radius 2 is 2.29 bits per heavy atom. The molecule has 0 N–H and O–H groups in total. The Balaban J connectivity index is 2.25. The highest BCUT2D eigenvalue weighted by atomic mass is 32.1. The van der Waals surface area contributed by atoms with Crippen molar-refractivity contribution in [3.05, 3.63) is 17.0 Å². The topological polar surface area (TPSA) is 35.5 Å². The van der Waals surface area contributed by atoms with Crippen molar-refractivity contribution in [3.63, 3.8) is 0 Å². The van der Waals surface area contributed by atoms with E-state index < -0.39 is 6.67 Å². The summed E-state index contributed by atoms with van der Waals surface area (Å²) in [6.45, 7) is 0.577. The molecule has 0 fully saturated rings. The van der Waals surface area contributed by atoms with Gasteiger partial charge in [-0.05, 0) is 12.1 Å². The Bertz CT molecular complexity index is 275. The molecule has 1 aromatic heterocycles. The highest BCUT2D eigenvalue weighted by Gasteiger charge is 2.00. The lowest BCUT2D eigenvalue weighted by Crippen LogP contribution is -2.00. The van der Waals surface area contributed by atoms with Gasteiger partial charge in [0.15, 0.2) is 5.06 Å². The number of halogens is 1. The van der Waals surface area contributed by atoms with Crippen molar-refractivity contribution >= 4 is 17.8 Å². The van der Waals surface area contributed by atoms with E-state index in [9.17, 15) is 9.18 Å². The molecule has 0 spiro atoms. The van der Waals surface area contributed by atoms with Crippen LogP contribution in [0.1, 0.15) is 4.88 Å². The summed E-state index contributed by atoms with van der Waals surface area (Å²) in [5.74, 6) is 0. The van der Waals surface area contributed by atoms with Crippen molar-refractivity contribution in [3.8, 4) is 5.06 Å². The molecule has 0 saturated heterocycles. The molecular weight excluding hydrogens is 207 g/mol. The number of carbonyl (C=O) groups excluding carboxylic acids is 1. The number of thiophene rings is 1. The number of ether oxygens (including phenoxy) is 2. The molecule has 5 heteroatoms. The summed E-state index contributed by atoms with van der Waals surface area (Å²) in [5.41, 5.74) is 0. The van der Waals surface area contributed by atoms with E-state index in [1.54, 1.807) is 6.07 Å². The van der Waals surface area contributed by atoms with Crippen LogP contribution in [0.4, 0.5) is 4.39 Å². The first kappa shape index (κ1) is 11.1. The number of carbonyl (C=O) groups is 1. The zero-order valence-corrected chi connectivity index (χ0v) is 8.39. The number of hydrogen-bond donors (Lipinski definition) is 0. The van der Waals surface area contributed by atoms with Crippen molar-refractivity contribution in [2.45, 2.75) is 6.42 Å². The first-order valence-electron chi connectivity index (χ1n) is 4.19. The number of alkyl halides is 1. The van der Waals surface area contributed by atoms with Crippen molar-refractivity contribution in [2.24, 2.45) is 0 Å². The standard InChI is InChI=1S/C9H11FO3S/c10-4-6-12-5-3-8-1-2-9(14-8)13-7-11/h1-2,7H,3-6H2. The van der Waals surface area contributed by atoms with Crippen LogP contribution in [0.15, 0.2) is 12.1 Å². The van der Waals surface area contributed by atoms with Crippen molar-refractivity contribution in [1.82, 2.24) is 0 Å². The van der Waals surface area contributed by atoms with Crippen LogP contribution in [0, 0.1) is 0 Å². The fourth-order valence-electron chi connectivity index (χ4n) is 0.933. The highest BCUT2D eigenvalue weighted by molar-refractivity contribution is 7.13. The van der Waals surface area contributed by atoms with E-state index in [-0.39, 0.29) is 6.61 Å². The van der Waals surface area contributed by atoms with E-state index >= 15 is 0 Å². The van der Waals surface area contributed by atoms with Gasteiger partial charge in [0.25, 0.3) is 6.47 Å². The summed E-state index contributed by atoms with van der Waals surface area (Å²) >= 11 is 1.39. The average Bonchev–Trinajstić information content (AvgIpc) is 2.61.